The number of ether oxygens (including phenoxy) is 1. The van der Waals surface area contributed by atoms with Gasteiger partial charge in [-0.05, 0) is 36.5 Å². The second-order valence-electron chi connectivity index (χ2n) is 10.1. The van der Waals surface area contributed by atoms with Crippen molar-refractivity contribution in [3.05, 3.63) is 65.7 Å². The van der Waals surface area contributed by atoms with Crippen molar-refractivity contribution in [3.8, 4) is 5.75 Å². The molecule has 11 nitrogen and oxygen atoms in total. The number of benzene rings is 2. The number of fused-ring (bicyclic) bond motifs is 1. The Bertz CT molecular complexity index is 1200. The fraction of sp³-hybridized carbons (Fsp3) is 0.414. The molecule has 5 N–H and O–H groups in total. The molecular formula is C29H36N4O7. The minimum atomic E-state index is -1.54. The van der Waals surface area contributed by atoms with E-state index in [1.807, 2.05) is 44.2 Å². The molecule has 0 saturated carbocycles. The summed E-state index contributed by atoms with van der Waals surface area (Å²) in [6, 6.07) is 12.1. The number of para-hydroxylation sites is 1. The highest BCUT2D eigenvalue weighted by Crippen LogP contribution is 2.18. The average molecular weight is 553 g/mol. The SMILES string of the molecule is CC(C)C[C@@H]1NC(=O)C[C@@H](C(=O)O)NC(=O)c2ccccc2OCCCNC(=O)C(Cc2ccccc2)NC1=O. The van der Waals surface area contributed by atoms with Crippen molar-refractivity contribution >= 4 is 29.6 Å². The van der Waals surface area contributed by atoms with Crippen LogP contribution in [0.2, 0.25) is 0 Å². The van der Waals surface area contributed by atoms with Gasteiger partial charge in [0.25, 0.3) is 5.91 Å². The normalized spacial score (nSPS) is 21.4. The first-order chi connectivity index (χ1) is 19.1. The van der Waals surface area contributed by atoms with Gasteiger partial charge in [-0.15, -0.1) is 0 Å². The Hall–Kier alpha value is -4.41. The van der Waals surface area contributed by atoms with Crippen LogP contribution in [-0.2, 0) is 25.6 Å². The van der Waals surface area contributed by atoms with E-state index in [0.29, 0.717) is 6.42 Å². The topological polar surface area (TPSA) is 163 Å². The number of carbonyl (C=O) groups is 5. The van der Waals surface area contributed by atoms with Gasteiger partial charge in [-0.2, -0.15) is 0 Å². The number of amides is 4. The third-order valence-corrected chi connectivity index (χ3v) is 6.28. The Morgan fingerprint density at radius 1 is 0.925 bits per heavy atom. The Morgan fingerprint density at radius 2 is 1.62 bits per heavy atom. The van der Waals surface area contributed by atoms with Crippen LogP contribution in [0.5, 0.6) is 5.75 Å². The fourth-order valence-electron chi connectivity index (χ4n) is 4.28. The van der Waals surface area contributed by atoms with Crippen molar-refractivity contribution in [2.75, 3.05) is 13.2 Å². The highest BCUT2D eigenvalue weighted by molar-refractivity contribution is 6.00. The summed E-state index contributed by atoms with van der Waals surface area (Å²) in [7, 11) is 0. The molecule has 40 heavy (non-hydrogen) atoms. The maximum Gasteiger partial charge on any atom is 0.326 e. The summed E-state index contributed by atoms with van der Waals surface area (Å²) in [4.78, 5) is 64.2. The van der Waals surface area contributed by atoms with Crippen molar-refractivity contribution in [2.24, 2.45) is 5.92 Å². The van der Waals surface area contributed by atoms with E-state index in [1.165, 1.54) is 6.07 Å². The summed E-state index contributed by atoms with van der Waals surface area (Å²) in [5, 5.41) is 20.3. The zero-order chi connectivity index (χ0) is 29.1. The van der Waals surface area contributed by atoms with Crippen molar-refractivity contribution in [1.82, 2.24) is 21.3 Å². The molecule has 11 heteroatoms. The number of nitrogens with one attached hydrogen (secondary N) is 4. The van der Waals surface area contributed by atoms with Crippen LogP contribution in [0.15, 0.2) is 54.6 Å². The molecule has 1 aliphatic rings. The molecule has 1 unspecified atom stereocenters. The van der Waals surface area contributed by atoms with E-state index in [9.17, 15) is 29.1 Å². The maximum atomic E-state index is 13.3. The van der Waals surface area contributed by atoms with Gasteiger partial charge >= 0.3 is 5.97 Å². The lowest BCUT2D eigenvalue weighted by molar-refractivity contribution is -0.141. The zero-order valence-electron chi connectivity index (χ0n) is 22.6. The number of hydrogen-bond acceptors (Lipinski definition) is 6. The van der Waals surface area contributed by atoms with Gasteiger partial charge in [-0.25, -0.2) is 4.79 Å². The summed E-state index contributed by atoms with van der Waals surface area (Å²) in [6.45, 7) is 4.17. The lowest BCUT2D eigenvalue weighted by Crippen LogP contribution is -2.55. The molecule has 214 valence electrons. The highest BCUT2D eigenvalue weighted by atomic mass is 16.5. The summed E-state index contributed by atoms with van der Waals surface area (Å²) in [5.74, 6) is -3.56. The lowest BCUT2D eigenvalue weighted by Gasteiger charge is -2.25. The molecule has 0 aromatic heterocycles. The van der Waals surface area contributed by atoms with E-state index in [1.54, 1.807) is 18.2 Å². The smallest absolute Gasteiger partial charge is 0.326 e. The third-order valence-electron chi connectivity index (χ3n) is 6.28. The molecule has 3 rings (SSSR count). The Morgan fingerprint density at radius 3 is 2.33 bits per heavy atom. The summed E-state index contributed by atoms with van der Waals surface area (Å²) in [5.41, 5.74) is 0.953. The van der Waals surface area contributed by atoms with Gasteiger partial charge in [0.1, 0.15) is 23.9 Å². The lowest BCUT2D eigenvalue weighted by atomic mass is 10.0. The van der Waals surface area contributed by atoms with Crippen LogP contribution >= 0.6 is 0 Å². The van der Waals surface area contributed by atoms with E-state index in [2.05, 4.69) is 21.3 Å². The molecule has 0 bridgehead atoms. The largest absolute Gasteiger partial charge is 0.493 e. The molecule has 2 aromatic carbocycles. The molecular weight excluding hydrogens is 516 g/mol. The summed E-state index contributed by atoms with van der Waals surface area (Å²) >= 11 is 0. The van der Waals surface area contributed by atoms with Gasteiger partial charge in [0.15, 0.2) is 0 Å². The van der Waals surface area contributed by atoms with Crippen LogP contribution in [-0.4, -0.2) is 66.0 Å². The Kier molecular flexibility index (Phi) is 11.0. The Balaban J connectivity index is 1.89. The van der Waals surface area contributed by atoms with Gasteiger partial charge in [-0.3, -0.25) is 19.2 Å². The van der Waals surface area contributed by atoms with Crippen molar-refractivity contribution < 1.29 is 33.8 Å². The van der Waals surface area contributed by atoms with Crippen molar-refractivity contribution in [2.45, 2.75) is 57.7 Å². The van der Waals surface area contributed by atoms with Crippen LogP contribution in [0.3, 0.4) is 0 Å². The van der Waals surface area contributed by atoms with Crippen LogP contribution in [0.25, 0.3) is 0 Å². The van der Waals surface area contributed by atoms with Crippen molar-refractivity contribution in [1.29, 1.82) is 0 Å². The first kappa shape index (κ1) is 30.1. The number of carboxylic acid groups (broad SMARTS) is 1. The molecule has 1 aliphatic heterocycles. The van der Waals surface area contributed by atoms with Crippen LogP contribution < -0.4 is 26.0 Å². The molecule has 1 heterocycles. The summed E-state index contributed by atoms with van der Waals surface area (Å²) in [6.07, 6.45) is 0.307. The predicted molar refractivity (Wildman–Crippen MR) is 147 cm³/mol. The van der Waals surface area contributed by atoms with Crippen LogP contribution in [0.1, 0.15) is 49.0 Å². The van der Waals surface area contributed by atoms with Crippen molar-refractivity contribution in [3.63, 3.8) is 0 Å². The third kappa shape index (κ3) is 9.11. The Labute approximate surface area is 233 Å². The molecule has 3 atom stereocenters. The number of rotatable bonds is 5. The first-order valence-corrected chi connectivity index (χ1v) is 13.3. The zero-order valence-corrected chi connectivity index (χ0v) is 22.6. The van der Waals surface area contributed by atoms with E-state index in [-0.39, 0.29) is 43.2 Å². The van der Waals surface area contributed by atoms with Gasteiger partial charge < -0.3 is 31.1 Å². The van der Waals surface area contributed by atoms with Gasteiger partial charge in [0, 0.05) is 13.0 Å². The monoisotopic (exact) mass is 552 g/mol. The second-order valence-corrected chi connectivity index (χ2v) is 10.1. The van der Waals surface area contributed by atoms with E-state index < -0.39 is 54.1 Å². The molecule has 2 aromatic rings. The first-order valence-electron chi connectivity index (χ1n) is 13.3. The van der Waals surface area contributed by atoms with E-state index in [4.69, 9.17) is 4.74 Å². The van der Waals surface area contributed by atoms with Gasteiger partial charge in [0.05, 0.1) is 18.6 Å². The predicted octanol–water partition coefficient (Wildman–Crippen LogP) is 1.42. The maximum absolute atomic E-state index is 13.3. The fourth-order valence-corrected chi connectivity index (χ4v) is 4.28. The minimum Gasteiger partial charge on any atom is -0.493 e. The van der Waals surface area contributed by atoms with Crippen LogP contribution in [0, 0.1) is 5.92 Å². The van der Waals surface area contributed by atoms with Gasteiger partial charge in [0.2, 0.25) is 17.7 Å². The minimum absolute atomic E-state index is 0.00165. The van der Waals surface area contributed by atoms with E-state index >= 15 is 0 Å². The number of carboxylic acids is 1. The molecule has 0 radical (unpaired) electrons. The van der Waals surface area contributed by atoms with E-state index in [0.717, 1.165) is 5.56 Å². The summed E-state index contributed by atoms with van der Waals surface area (Å²) < 4.78 is 5.74. The molecule has 0 spiro atoms. The molecule has 0 saturated heterocycles. The number of hydrogen-bond donors (Lipinski definition) is 5. The van der Waals surface area contributed by atoms with Crippen LogP contribution in [0.4, 0.5) is 0 Å². The highest BCUT2D eigenvalue weighted by Gasteiger charge is 2.30. The second kappa shape index (κ2) is 14.7. The standard InChI is InChI=1S/C29H36N4O7/c1-18(2)15-21-28(37)32-22(16-19-9-4-3-5-10-19)27(36)30-13-8-14-40-24-12-7-6-11-20(24)26(35)33-23(29(38)39)17-25(34)31-21/h3-7,9-12,18,21-23H,8,13-17H2,1-2H3,(H,30,36)(H,31,34)(H,32,37)(H,33,35)(H,38,39)/t21-,22?,23-/m0/s1. The number of carbonyl (C=O) groups excluding carboxylic acids is 4. The quantitative estimate of drug-likeness (QED) is 0.375. The van der Waals surface area contributed by atoms with Gasteiger partial charge in [-0.1, -0.05) is 56.3 Å². The average Bonchev–Trinajstić information content (AvgIpc) is 2.91. The molecule has 0 fully saturated rings. The number of aliphatic carboxylic acids is 1. The molecule has 0 aliphatic carbocycles. The molecule has 4 amide bonds.